The van der Waals surface area contributed by atoms with Gasteiger partial charge in [-0.1, -0.05) is 11.6 Å². The van der Waals surface area contributed by atoms with Crippen molar-refractivity contribution in [1.29, 1.82) is 0 Å². The zero-order valence-corrected chi connectivity index (χ0v) is 13.2. The Morgan fingerprint density at radius 3 is 2.86 bits per heavy atom. The molecule has 0 bridgehead atoms. The van der Waals surface area contributed by atoms with E-state index in [1.807, 2.05) is 18.7 Å². The average molecular weight is 322 g/mol. The molecule has 1 aliphatic rings. The number of benzene rings is 1. The molecule has 1 aromatic heterocycles. The second kappa shape index (κ2) is 5.72. The van der Waals surface area contributed by atoms with Crippen LogP contribution in [0.15, 0.2) is 18.2 Å². The van der Waals surface area contributed by atoms with Gasteiger partial charge in [-0.15, -0.1) is 0 Å². The van der Waals surface area contributed by atoms with Crippen molar-refractivity contribution in [1.82, 2.24) is 15.1 Å². The Morgan fingerprint density at radius 2 is 2.23 bits per heavy atom. The van der Waals surface area contributed by atoms with Crippen molar-refractivity contribution in [2.75, 3.05) is 6.54 Å². The van der Waals surface area contributed by atoms with Gasteiger partial charge >= 0.3 is 0 Å². The standard InChI is InChI=1S/C16H17ClFN3O/c1-9-15(10(2)20-19-9)14-4-3-7-21(14)16(22)12-6-5-11(18)8-13(12)17/h5-6,8,14H,3-4,7H2,1-2H3,(H,19,20). The Hall–Kier alpha value is -1.88. The average Bonchev–Trinajstić information content (AvgIpc) is 3.05. The summed E-state index contributed by atoms with van der Waals surface area (Å²) in [4.78, 5) is 14.6. The first-order valence-corrected chi connectivity index (χ1v) is 7.64. The summed E-state index contributed by atoms with van der Waals surface area (Å²) >= 11 is 6.03. The third-order valence-electron chi connectivity index (χ3n) is 4.19. The second-order valence-electron chi connectivity index (χ2n) is 5.63. The molecule has 1 N–H and O–H groups in total. The van der Waals surface area contributed by atoms with Crippen LogP contribution in [-0.2, 0) is 0 Å². The van der Waals surface area contributed by atoms with Crippen molar-refractivity contribution in [3.63, 3.8) is 0 Å². The molecule has 6 heteroatoms. The number of aromatic amines is 1. The van der Waals surface area contributed by atoms with Crippen LogP contribution in [0.4, 0.5) is 4.39 Å². The summed E-state index contributed by atoms with van der Waals surface area (Å²) in [6.07, 6.45) is 1.82. The van der Waals surface area contributed by atoms with Gasteiger partial charge in [-0.25, -0.2) is 4.39 Å². The van der Waals surface area contributed by atoms with Crippen molar-refractivity contribution in [3.05, 3.63) is 51.6 Å². The van der Waals surface area contributed by atoms with Crippen molar-refractivity contribution >= 4 is 17.5 Å². The number of H-pyrrole nitrogens is 1. The van der Waals surface area contributed by atoms with Gasteiger partial charge in [0.05, 0.1) is 22.3 Å². The Morgan fingerprint density at radius 1 is 1.45 bits per heavy atom. The molecule has 1 amide bonds. The van der Waals surface area contributed by atoms with E-state index < -0.39 is 5.82 Å². The minimum absolute atomic E-state index is 0.00707. The molecule has 1 aliphatic heterocycles. The van der Waals surface area contributed by atoms with Crippen LogP contribution in [0.5, 0.6) is 0 Å². The van der Waals surface area contributed by atoms with Crippen molar-refractivity contribution in [2.45, 2.75) is 32.7 Å². The van der Waals surface area contributed by atoms with Gasteiger partial charge in [0.1, 0.15) is 5.82 Å². The van der Waals surface area contributed by atoms with Crippen molar-refractivity contribution in [3.8, 4) is 0 Å². The smallest absolute Gasteiger partial charge is 0.255 e. The molecule has 22 heavy (non-hydrogen) atoms. The van der Waals surface area contributed by atoms with Gasteiger partial charge in [-0.2, -0.15) is 5.10 Å². The number of carbonyl (C=O) groups excluding carboxylic acids is 1. The minimum Gasteiger partial charge on any atom is -0.331 e. The van der Waals surface area contributed by atoms with Crippen LogP contribution in [0, 0.1) is 19.7 Å². The highest BCUT2D eigenvalue weighted by atomic mass is 35.5. The molecule has 1 fully saturated rings. The Labute approximate surface area is 133 Å². The van der Waals surface area contributed by atoms with Crippen LogP contribution in [-0.4, -0.2) is 27.5 Å². The lowest BCUT2D eigenvalue weighted by Gasteiger charge is -2.25. The van der Waals surface area contributed by atoms with Gasteiger partial charge in [0, 0.05) is 17.8 Å². The summed E-state index contributed by atoms with van der Waals surface area (Å²) in [5, 5.41) is 7.34. The molecule has 1 aromatic carbocycles. The number of rotatable bonds is 2. The predicted octanol–water partition coefficient (Wildman–Crippen LogP) is 3.80. The number of amides is 1. The largest absolute Gasteiger partial charge is 0.331 e. The zero-order chi connectivity index (χ0) is 15.9. The molecule has 4 nitrogen and oxygen atoms in total. The van der Waals surface area contributed by atoms with E-state index in [0.717, 1.165) is 29.8 Å². The van der Waals surface area contributed by atoms with E-state index in [2.05, 4.69) is 10.2 Å². The highest BCUT2D eigenvalue weighted by molar-refractivity contribution is 6.33. The lowest BCUT2D eigenvalue weighted by Crippen LogP contribution is -2.31. The molecule has 0 spiro atoms. The Bertz CT molecular complexity index is 709. The number of aromatic nitrogens is 2. The summed E-state index contributed by atoms with van der Waals surface area (Å²) in [5.74, 6) is -0.603. The molecule has 2 heterocycles. The summed E-state index contributed by atoms with van der Waals surface area (Å²) < 4.78 is 13.2. The SMILES string of the molecule is Cc1n[nH]c(C)c1C1CCCN1C(=O)c1ccc(F)cc1Cl. The number of carbonyl (C=O) groups is 1. The highest BCUT2D eigenvalue weighted by Crippen LogP contribution is 2.36. The summed E-state index contributed by atoms with van der Waals surface area (Å²) in [6, 6.07) is 3.88. The second-order valence-corrected chi connectivity index (χ2v) is 6.04. The Kier molecular flexibility index (Phi) is 3.91. The van der Waals surface area contributed by atoms with Crippen LogP contribution in [0.25, 0.3) is 0 Å². The highest BCUT2D eigenvalue weighted by Gasteiger charge is 2.34. The van der Waals surface area contributed by atoms with Crippen LogP contribution < -0.4 is 0 Å². The quantitative estimate of drug-likeness (QED) is 0.914. The number of halogens is 2. The minimum atomic E-state index is -0.443. The maximum atomic E-state index is 13.2. The van der Waals surface area contributed by atoms with Gasteiger partial charge in [0.2, 0.25) is 0 Å². The number of nitrogens with one attached hydrogen (secondary N) is 1. The van der Waals surface area contributed by atoms with Gasteiger partial charge in [0.15, 0.2) is 0 Å². The first-order chi connectivity index (χ1) is 10.5. The monoisotopic (exact) mass is 321 g/mol. The lowest BCUT2D eigenvalue weighted by molar-refractivity contribution is 0.0735. The van der Waals surface area contributed by atoms with E-state index in [1.165, 1.54) is 18.2 Å². The Balaban J connectivity index is 1.95. The molecule has 2 aromatic rings. The zero-order valence-electron chi connectivity index (χ0n) is 12.5. The van der Waals surface area contributed by atoms with E-state index in [0.29, 0.717) is 12.1 Å². The fourth-order valence-corrected chi connectivity index (χ4v) is 3.43. The third-order valence-corrected chi connectivity index (χ3v) is 4.51. The van der Waals surface area contributed by atoms with Crippen LogP contribution >= 0.6 is 11.6 Å². The van der Waals surface area contributed by atoms with Gasteiger partial charge in [0.25, 0.3) is 5.91 Å². The molecular formula is C16H17ClFN3O. The molecule has 0 radical (unpaired) electrons. The van der Waals surface area contributed by atoms with Crippen LogP contribution in [0.1, 0.15) is 46.2 Å². The summed E-state index contributed by atoms with van der Waals surface area (Å²) in [5.41, 5.74) is 3.30. The van der Waals surface area contributed by atoms with Gasteiger partial charge < -0.3 is 4.90 Å². The molecule has 0 aliphatic carbocycles. The first-order valence-electron chi connectivity index (χ1n) is 7.26. The first kappa shape index (κ1) is 15.0. The van der Waals surface area contributed by atoms with E-state index in [1.54, 1.807) is 0 Å². The maximum absolute atomic E-state index is 13.2. The molecule has 1 saturated heterocycles. The molecule has 3 rings (SSSR count). The summed E-state index contributed by atoms with van der Waals surface area (Å²) in [7, 11) is 0. The normalized spacial score (nSPS) is 18.0. The third kappa shape index (κ3) is 2.50. The van der Waals surface area contributed by atoms with Crippen LogP contribution in [0.2, 0.25) is 5.02 Å². The maximum Gasteiger partial charge on any atom is 0.255 e. The molecule has 1 atom stereocenters. The van der Waals surface area contributed by atoms with E-state index in [4.69, 9.17) is 11.6 Å². The van der Waals surface area contributed by atoms with E-state index >= 15 is 0 Å². The topological polar surface area (TPSA) is 49.0 Å². The summed E-state index contributed by atoms with van der Waals surface area (Å²) in [6.45, 7) is 4.56. The van der Waals surface area contributed by atoms with Crippen molar-refractivity contribution < 1.29 is 9.18 Å². The number of likely N-dealkylation sites (tertiary alicyclic amines) is 1. The number of hydrogen-bond acceptors (Lipinski definition) is 2. The van der Waals surface area contributed by atoms with Crippen molar-refractivity contribution in [2.24, 2.45) is 0 Å². The fraction of sp³-hybridized carbons (Fsp3) is 0.375. The molecule has 0 saturated carbocycles. The fourth-order valence-electron chi connectivity index (χ4n) is 3.18. The number of aryl methyl sites for hydroxylation is 2. The predicted molar refractivity (Wildman–Crippen MR) is 82.5 cm³/mol. The molecule has 116 valence electrons. The van der Waals surface area contributed by atoms with Crippen LogP contribution in [0.3, 0.4) is 0 Å². The van der Waals surface area contributed by atoms with E-state index in [9.17, 15) is 9.18 Å². The van der Waals surface area contributed by atoms with Gasteiger partial charge in [-0.3, -0.25) is 9.89 Å². The van der Waals surface area contributed by atoms with Gasteiger partial charge in [-0.05, 0) is 44.9 Å². The number of nitrogens with zero attached hydrogens (tertiary/aromatic N) is 2. The molecule has 1 unspecified atom stereocenters. The molecular weight excluding hydrogens is 305 g/mol. The van der Waals surface area contributed by atoms with E-state index in [-0.39, 0.29) is 17.0 Å². The lowest BCUT2D eigenvalue weighted by atomic mass is 10.0. The number of hydrogen-bond donors (Lipinski definition) is 1.